The van der Waals surface area contributed by atoms with Crippen molar-refractivity contribution in [2.24, 2.45) is 11.1 Å². The number of para-hydroxylation sites is 1. The zero-order chi connectivity index (χ0) is 24.0. The number of nitrogens with zero attached hydrogens (tertiary/aromatic N) is 2. The highest BCUT2D eigenvalue weighted by atomic mass is 16.4. The van der Waals surface area contributed by atoms with Gasteiger partial charge in [-0.15, -0.1) is 0 Å². The van der Waals surface area contributed by atoms with Crippen LogP contribution in [0.15, 0.2) is 84.0 Å². The van der Waals surface area contributed by atoms with E-state index in [2.05, 4.69) is 45.7 Å². The lowest BCUT2D eigenvalue weighted by molar-refractivity contribution is 0.102. The maximum Gasteiger partial charge on any atom is 0.255 e. The van der Waals surface area contributed by atoms with E-state index in [1.165, 1.54) is 18.4 Å². The van der Waals surface area contributed by atoms with Gasteiger partial charge in [0.25, 0.3) is 5.91 Å². The van der Waals surface area contributed by atoms with Gasteiger partial charge in [0.2, 0.25) is 0 Å². The molecule has 5 heteroatoms. The number of hydrogen-bond acceptors (Lipinski definition) is 4. The molecule has 3 aromatic rings. The van der Waals surface area contributed by atoms with E-state index in [1.807, 2.05) is 48.5 Å². The van der Waals surface area contributed by atoms with Gasteiger partial charge in [0.15, 0.2) is 0 Å². The molecule has 0 aromatic heterocycles. The fraction of sp³-hybridized carbons (Fsp3) is 0.333. The van der Waals surface area contributed by atoms with Gasteiger partial charge in [-0.3, -0.25) is 4.79 Å². The summed E-state index contributed by atoms with van der Waals surface area (Å²) < 4.78 is 0. The molecule has 2 N–H and O–H groups in total. The summed E-state index contributed by atoms with van der Waals surface area (Å²) in [5.41, 5.74) is 5.69. The van der Waals surface area contributed by atoms with Crippen LogP contribution in [0.5, 0.6) is 0 Å². The van der Waals surface area contributed by atoms with Crippen LogP contribution < -0.4 is 5.32 Å². The number of rotatable bonds is 6. The first-order valence-corrected chi connectivity index (χ1v) is 12.7. The lowest BCUT2D eigenvalue weighted by Crippen LogP contribution is -2.36. The smallest absolute Gasteiger partial charge is 0.255 e. The van der Waals surface area contributed by atoms with E-state index in [9.17, 15) is 10.0 Å². The molecule has 0 spiro atoms. The predicted molar refractivity (Wildman–Crippen MR) is 140 cm³/mol. The molecular formula is C30H33N3O2. The summed E-state index contributed by atoms with van der Waals surface area (Å²) >= 11 is 0. The summed E-state index contributed by atoms with van der Waals surface area (Å²) in [4.78, 5) is 15.3. The molecule has 0 radical (unpaired) electrons. The zero-order valence-electron chi connectivity index (χ0n) is 20.1. The second-order valence-corrected chi connectivity index (χ2v) is 9.73. The minimum atomic E-state index is -0.123. The summed E-state index contributed by atoms with van der Waals surface area (Å²) in [7, 11) is 0. The molecule has 1 fully saturated rings. The second-order valence-electron chi connectivity index (χ2n) is 9.73. The normalized spacial score (nSPS) is 19.9. The molecule has 3 aromatic carbocycles. The highest BCUT2D eigenvalue weighted by Crippen LogP contribution is 2.31. The molecule has 0 bridgehead atoms. The summed E-state index contributed by atoms with van der Waals surface area (Å²) in [5, 5.41) is 16.5. The summed E-state index contributed by atoms with van der Waals surface area (Å²) in [5.74, 6) is 0.780. The molecular weight excluding hydrogens is 434 g/mol. The number of oxime groups is 1. The topological polar surface area (TPSA) is 64.9 Å². The lowest BCUT2D eigenvalue weighted by atomic mass is 9.79. The Morgan fingerprint density at radius 3 is 2.37 bits per heavy atom. The molecule has 0 saturated carbocycles. The first-order valence-electron chi connectivity index (χ1n) is 12.7. The van der Waals surface area contributed by atoms with Gasteiger partial charge in [-0.2, -0.15) is 0 Å². The van der Waals surface area contributed by atoms with Gasteiger partial charge >= 0.3 is 0 Å². The Bertz CT molecular complexity index is 1170. The van der Waals surface area contributed by atoms with Crippen LogP contribution in [0.3, 0.4) is 0 Å². The Kier molecular flexibility index (Phi) is 7.24. The van der Waals surface area contributed by atoms with Crippen LogP contribution in [0.1, 0.15) is 58.6 Å². The van der Waals surface area contributed by atoms with E-state index in [0.717, 1.165) is 61.4 Å². The number of nitrogens with one attached hydrogen (secondary N) is 1. The van der Waals surface area contributed by atoms with Crippen LogP contribution in [0, 0.1) is 5.92 Å². The summed E-state index contributed by atoms with van der Waals surface area (Å²) in [6, 6.07) is 26.1. The van der Waals surface area contributed by atoms with Crippen molar-refractivity contribution < 1.29 is 10.0 Å². The third-order valence-corrected chi connectivity index (χ3v) is 7.58. The average Bonchev–Trinajstić information content (AvgIpc) is 2.92. The Morgan fingerprint density at radius 1 is 0.943 bits per heavy atom. The maximum absolute atomic E-state index is 12.7. The Labute approximate surface area is 207 Å². The average molecular weight is 468 g/mol. The number of hydrogen-bond donors (Lipinski definition) is 2. The van der Waals surface area contributed by atoms with Gasteiger partial charge in [0.1, 0.15) is 0 Å². The van der Waals surface area contributed by atoms with Crippen molar-refractivity contribution in [1.29, 1.82) is 0 Å². The quantitative estimate of drug-likeness (QED) is 0.348. The largest absolute Gasteiger partial charge is 0.411 e. The van der Waals surface area contributed by atoms with E-state index in [4.69, 9.17) is 0 Å². The van der Waals surface area contributed by atoms with Crippen molar-refractivity contribution in [3.63, 3.8) is 0 Å². The molecule has 2 aliphatic rings. The van der Waals surface area contributed by atoms with Gasteiger partial charge in [0.05, 0.1) is 5.71 Å². The Hall–Kier alpha value is -3.44. The van der Waals surface area contributed by atoms with Crippen LogP contribution in [-0.4, -0.2) is 41.4 Å². The van der Waals surface area contributed by atoms with Gasteiger partial charge in [0, 0.05) is 22.7 Å². The number of benzene rings is 3. The fourth-order valence-electron chi connectivity index (χ4n) is 5.57. The predicted octanol–water partition coefficient (Wildman–Crippen LogP) is 5.95. The van der Waals surface area contributed by atoms with Gasteiger partial charge in [-0.05, 0) is 93.0 Å². The fourth-order valence-corrected chi connectivity index (χ4v) is 5.57. The third-order valence-electron chi connectivity index (χ3n) is 7.58. The molecule has 1 amide bonds. The van der Waals surface area contributed by atoms with Crippen molar-refractivity contribution >= 4 is 17.3 Å². The lowest BCUT2D eigenvalue weighted by Gasteiger charge is -2.34. The number of likely N-dealkylation sites (tertiary alicyclic amines) is 1. The molecule has 5 rings (SSSR count). The van der Waals surface area contributed by atoms with Crippen LogP contribution in [0.4, 0.5) is 5.69 Å². The molecule has 1 atom stereocenters. The van der Waals surface area contributed by atoms with Gasteiger partial charge in [-0.25, -0.2) is 0 Å². The van der Waals surface area contributed by atoms with Crippen molar-refractivity contribution in [1.82, 2.24) is 4.90 Å². The van der Waals surface area contributed by atoms with Crippen LogP contribution in [0.2, 0.25) is 0 Å². The number of carbonyl (C=O) groups is 1. The monoisotopic (exact) mass is 467 g/mol. The number of fused-ring (bicyclic) bond motifs is 1. The molecule has 180 valence electrons. The van der Waals surface area contributed by atoms with Crippen LogP contribution >= 0.6 is 0 Å². The SMILES string of the molecule is O=C(Nc1ccccc1)c1ccc2c(c1)CCC(CCN1CCC(c3ccccc3)CC1)C2=NO. The minimum absolute atomic E-state index is 0.123. The summed E-state index contributed by atoms with van der Waals surface area (Å²) in [6.07, 6.45) is 5.22. The minimum Gasteiger partial charge on any atom is -0.411 e. The number of carbonyl (C=O) groups excluding carboxylic acids is 1. The Balaban J connectivity index is 1.18. The first kappa shape index (κ1) is 23.3. The number of piperidine rings is 1. The molecule has 35 heavy (non-hydrogen) atoms. The van der Waals surface area contributed by atoms with E-state index in [1.54, 1.807) is 0 Å². The number of amides is 1. The van der Waals surface area contributed by atoms with E-state index >= 15 is 0 Å². The third kappa shape index (κ3) is 5.46. The van der Waals surface area contributed by atoms with Gasteiger partial charge < -0.3 is 15.4 Å². The van der Waals surface area contributed by atoms with E-state index in [0.29, 0.717) is 11.5 Å². The molecule has 1 heterocycles. The van der Waals surface area contributed by atoms with Crippen LogP contribution in [-0.2, 0) is 6.42 Å². The van der Waals surface area contributed by atoms with E-state index in [-0.39, 0.29) is 11.8 Å². The van der Waals surface area contributed by atoms with Gasteiger partial charge in [-0.1, -0.05) is 59.8 Å². The highest BCUT2D eigenvalue weighted by Gasteiger charge is 2.28. The molecule has 1 aliphatic heterocycles. The molecule has 1 aliphatic carbocycles. The van der Waals surface area contributed by atoms with Crippen molar-refractivity contribution in [3.05, 3.63) is 101 Å². The van der Waals surface area contributed by atoms with Crippen molar-refractivity contribution in [3.8, 4) is 0 Å². The highest BCUT2D eigenvalue weighted by molar-refractivity contribution is 6.07. The maximum atomic E-state index is 12.7. The molecule has 5 nitrogen and oxygen atoms in total. The molecule has 1 unspecified atom stereocenters. The molecule has 1 saturated heterocycles. The first-order chi connectivity index (χ1) is 17.2. The van der Waals surface area contributed by atoms with E-state index < -0.39 is 0 Å². The van der Waals surface area contributed by atoms with Crippen LogP contribution in [0.25, 0.3) is 0 Å². The van der Waals surface area contributed by atoms with Crippen molar-refractivity contribution in [2.75, 3.05) is 25.0 Å². The van der Waals surface area contributed by atoms with Crippen molar-refractivity contribution in [2.45, 2.75) is 38.0 Å². The Morgan fingerprint density at radius 2 is 1.66 bits per heavy atom. The number of anilines is 1. The number of aryl methyl sites for hydroxylation is 1. The zero-order valence-corrected chi connectivity index (χ0v) is 20.1. The second kappa shape index (κ2) is 10.9. The summed E-state index contributed by atoms with van der Waals surface area (Å²) in [6.45, 7) is 3.26. The standard InChI is InChI=1S/C30H33N3O2/c34-30(31-27-9-5-2-6-10-27)26-13-14-28-25(21-26)12-11-24(29(28)32-35)17-20-33-18-15-23(16-19-33)22-7-3-1-4-8-22/h1-10,13-14,21,23-24,35H,11-12,15-20H2,(H,31,34).